The fraction of sp³-hybridized carbons (Fsp3) is 0.357. The zero-order valence-corrected chi connectivity index (χ0v) is 11.8. The van der Waals surface area contributed by atoms with E-state index in [1.165, 1.54) is 18.5 Å². The van der Waals surface area contributed by atoms with E-state index < -0.39 is 23.6 Å². The molecule has 2 rings (SSSR count). The Balaban J connectivity index is 2.23. The Bertz CT molecular complexity index is 642. The highest BCUT2D eigenvalue weighted by atomic mass is 19.2. The van der Waals surface area contributed by atoms with Gasteiger partial charge in [0.1, 0.15) is 12.2 Å². The van der Waals surface area contributed by atoms with Crippen molar-refractivity contribution in [1.29, 1.82) is 0 Å². The summed E-state index contributed by atoms with van der Waals surface area (Å²) in [7, 11) is 0. The molecule has 0 radical (unpaired) electrons. The molecular weight excluding hydrogens is 278 g/mol. The lowest BCUT2D eigenvalue weighted by molar-refractivity contribution is 0.0927. The van der Waals surface area contributed by atoms with Crippen LogP contribution in [0.25, 0.3) is 0 Å². The molecular formula is C14H16F2N4O. The molecule has 0 aliphatic heterocycles. The Morgan fingerprint density at radius 1 is 1.38 bits per heavy atom. The van der Waals surface area contributed by atoms with Gasteiger partial charge in [0.05, 0.1) is 11.6 Å². The van der Waals surface area contributed by atoms with Crippen LogP contribution in [0, 0.1) is 11.6 Å². The monoisotopic (exact) mass is 294 g/mol. The number of carbonyl (C=O) groups excluding carboxylic acids is 1. The zero-order chi connectivity index (χ0) is 15.4. The van der Waals surface area contributed by atoms with Crippen molar-refractivity contribution in [2.45, 2.75) is 32.9 Å². The van der Waals surface area contributed by atoms with Crippen molar-refractivity contribution in [3.63, 3.8) is 0 Å². The van der Waals surface area contributed by atoms with Crippen LogP contribution in [0.3, 0.4) is 0 Å². The molecule has 1 unspecified atom stereocenters. The largest absolute Gasteiger partial charge is 0.342 e. The average Bonchev–Trinajstić information content (AvgIpc) is 2.95. The van der Waals surface area contributed by atoms with E-state index in [0.29, 0.717) is 18.8 Å². The standard InChI is InChI=1S/C14H16F2N4O/c1-3-11(13-17-8-18-20(13)4-2)19-14(21)9-6-5-7-10(15)12(9)16/h5-8,11H,3-4H2,1-2H3,(H,19,21). The fourth-order valence-corrected chi connectivity index (χ4v) is 2.05. The van der Waals surface area contributed by atoms with Crippen molar-refractivity contribution in [2.75, 3.05) is 0 Å². The van der Waals surface area contributed by atoms with Crippen LogP contribution < -0.4 is 5.32 Å². The van der Waals surface area contributed by atoms with Crippen LogP contribution in [-0.2, 0) is 6.54 Å². The van der Waals surface area contributed by atoms with Gasteiger partial charge in [-0.1, -0.05) is 13.0 Å². The zero-order valence-electron chi connectivity index (χ0n) is 11.8. The smallest absolute Gasteiger partial charge is 0.254 e. The van der Waals surface area contributed by atoms with Gasteiger partial charge >= 0.3 is 0 Å². The second-order valence-corrected chi connectivity index (χ2v) is 4.47. The number of aromatic nitrogens is 3. The van der Waals surface area contributed by atoms with Gasteiger partial charge in [0, 0.05) is 6.54 Å². The molecule has 1 amide bonds. The summed E-state index contributed by atoms with van der Waals surface area (Å²) >= 11 is 0. The average molecular weight is 294 g/mol. The third-order valence-electron chi connectivity index (χ3n) is 3.17. The van der Waals surface area contributed by atoms with Crippen LogP contribution >= 0.6 is 0 Å². The molecule has 0 aliphatic rings. The van der Waals surface area contributed by atoms with E-state index in [1.807, 2.05) is 13.8 Å². The Morgan fingerprint density at radius 3 is 2.81 bits per heavy atom. The van der Waals surface area contributed by atoms with Crippen LogP contribution in [-0.4, -0.2) is 20.7 Å². The summed E-state index contributed by atoms with van der Waals surface area (Å²) in [6, 6.07) is 3.09. The molecule has 1 N–H and O–H groups in total. The van der Waals surface area contributed by atoms with Gasteiger partial charge in [0.25, 0.3) is 5.91 Å². The maximum absolute atomic E-state index is 13.6. The van der Waals surface area contributed by atoms with Gasteiger partial charge in [-0.25, -0.2) is 18.4 Å². The molecule has 1 aromatic carbocycles. The van der Waals surface area contributed by atoms with E-state index >= 15 is 0 Å². The normalized spacial score (nSPS) is 12.2. The molecule has 0 fully saturated rings. The van der Waals surface area contributed by atoms with Crippen LogP contribution in [0.15, 0.2) is 24.5 Å². The summed E-state index contributed by atoms with van der Waals surface area (Å²) in [5.74, 6) is -2.29. The summed E-state index contributed by atoms with van der Waals surface area (Å²) in [4.78, 5) is 16.2. The van der Waals surface area contributed by atoms with Gasteiger partial charge < -0.3 is 5.32 Å². The van der Waals surface area contributed by atoms with Gasteiger partial charge in [0.15, 0.2) is 11.6 Å². The van der Waals surface area contributed by atoms with Gasteiger partial charge in [-0.15, -0.1) is 0 Å². The summed E-state index contributed by atoms with van der Waals surface area (Å²) in [5, 5.41) is 6.69. The minimum atomic E-state index is -1.15. The van der Waals surface area contributed by atoms with Gasteiger partial charge in [-0.3, -0.25) is 4.79 Å². The maximum Gasteiger partial charge on any atom is 0.254 e. The van der Waals surface area contributed by atoms with Crippen molar-refractivity contribution in [3.05, 3.63) is 47.5 Å². The predicted octanol–water partition coefficient (Wildman–Crippen LogP) is 2.46. The van der Waals surface area contributed by atoms with Crippen LogP contribution in [0.5, 0.6) is 0 Å². The second kappa shape index (κ2) is 6.43. The molecule has 0 bridgehead atoms. The number of nitrogens with zero attached hydrogens (tertiary/aromatic N) is 3. The lowest BCUT2D eigenvalue weighted by atomic mass is 10.1. The first-order valence-electron chi connectivity index (χ1n) is 6.71. The van der Waals surface area contributed by atoms with E-state index in [4.69, 9.17) is 0 Å². The minimum Gasteiger partial charge on any atom is -0.342 e. The summed E-state index contributed by atoms with van der Waals surface area (Å²) in [6.07, 6.45) is 1.96. The fourth-order valence-electron chi connectivity index (χ4n) is 2.05. The van der Waals surface area contributed by atoms with E-state index in [1.54, 1.807) is 4.68 Å². The van der Waals surface area contributed by atoms with Gasteiger partial charge in [-0.05, 0) is 25.5 Å². The summed E-state index contributed by atoms with van der Waals surface area (Å²) in [6.45, 7) is 4.37. The van der Waals surface area contributed by atoms with Crippen molar-refractivity contribution in [3.8, 4) is 0 Å². The topological polar surface area (TPSA) is 59.8 Å². The highest BCUT2D eigenvalue weighted by Crippen LogP contribution is 2.16. The quantitative estimate of drug-likeness (QED) is 0.921. The van der Waals surface area contributed by atoms with Crippen LogP contribution in [0.4, 0.5) is 8.78 Å². The van der Waals surface area contributed by atoms with Crippen molar-refractivity contribution in [2.24, 2.45) is 0 Å². The third kappa shape index (κ3) is 3.07. The summed E-state index contributed by atoms with van der Waals surface area (Å²) in [5.41, 5.74) is -0.323. The number of aryl methyl sites for hydroxylation is 1. The number of benzene rings is 1. The molecule has 0 saturated carbocycles. The first-order chi connectivity index (χ1) is 10.1. The SMILES string of the molecule is CCC(NC(=O)c1cccc(F)c1F)c1ncnn1CC. The molecule has 21 heavy (non-hydrogen) atoms. The third-order valence-corrected chi connectivity index (χ3v) is 3.17. The number of hydrogen-bond acceptors (Lipinski definition) is 3. The molecule has 2 aromatic rings. The van der Waals surface area contributed by atoms with E-state index in [0.717, 1.165) is 6.07 Å². The molecule has 5 nitrogen and oxygen atoms in total. The maximum atomic E-state index is 13.6. The molecule has 1 aromatic heterocycles. The van der Waals surface area contributed by atoms with E-state index in [9.17, 15) is 13.6 Å². The molecule has 0 saturated heterocycles. The van der Waals surface area contributed by atoms with Crippen molar-refractivity contribution < 1.29 is 13.6 Å². The Morgan fingerprint density at radius 2 is 2.14 bits per heavy atom. The molecule has 0 spiro atoms. The second-order valence-electron chi connectivity index (χ2n) is 4.47. The predicted molar refractivity (Wildman–Crippen MR) is 72.6 cm³/mol. The first kappa shape index (κ1) is 15.1. The van der Waals surface area contributed by atoms with Crippen LogP contribution in [0.1, 0.15) is 42.5 Å². The highest BCUT2D eigenvalue weighted by Gasteiger charge is 2.21. The van der Waals surface area contributed by atoms with Gasteiger partial charge in [-0.2, -0.15) is 5.10 Å². The molecule has 112 valence electrons. The molecule has 0 aliphatic carbocycles. The molecule has 7 heteroatoms. The van der Waals surface area contributed by atoms with Crippen LogP contribution in [0.2, 0.25) is 0 Å². The number of amides is 1. The Labute approximate surface area is 121 Å². The Kier molecular flexibility index (Phi) is 4.62. The highest BCUT2D eigenvalue weighted by molar-refractivity contribution is 5.94. The van der Waals surface area contributed by atoms with E-state index in [2.05, 4.69) is 15.4 Å². The van der Waals surface area contributed by atoms with E-state index in [-0.39, 0.29) is 5.56 Å². The lowest BCUT2D eigenvalue weighted by Crippen LogP contribution is -2.31. The summed E-state index contributed by atoms with van der Waals surface area (Å²) < 4.78 is 28.4. The van der Waals surface area contributed by atoms with Gasteiger partial charge in [0.2, 0.25) is 0 Å². The molecule has 1 heterocycles. The van der Waals surface area contributed by atoms with Crippen molar-refractivity contribution in [1.82, 2.24) is 20.1 Å². The first-order valence-corrected chi connectivity index (χ1v) is 6.71. The number of carbonyl (C=O) groups is 1. The Hall–Kier alpha value is -2.31. The number of rotatable bonds is 5. The molecule has 1 atom stereocenters. The lowest BCUT2D eigenvalue weighted by Gasteiger charge is -2.17. The minimum absolute atomic E-state index is 0.323. The number of nitrogens with one attached hydrogen (secondary N) is 1. The number of hydrogen-bond donors (Lipinski definition) is 1. The number of halogens is 2. The van der Waals surface area contributed by atoms with Crippen molar-refractivity contribution >= 4 is 5.91 Å².